The van der Waals surface area contributed by atoms with Crippen LogP contribution in [0.3, 0.4) is 0 Å². The summed E-state index contributed by atoms with van der Waals surface area (Å²) < 4.78 is 0. The molecule has 0 spiro atoms. The highest BCUT2D eigenvalue weighted by Crippen LogP contribution is 2.11. The van der Waals surface area contributed by atoms with Gasteiger partial charge in [-0.3, -0.25) is 0 Å². The molecule has 1 N–H and O–H groups in total. The van der Waals surface area contributed by atoms with Crippen molar-refractivity contribution >= 4 is 11.6 Å². The summed E-state index contributed by atoms with van der Waals surface area (Å²) in [5.74, 6) is 0. The van der Waals surface area contributed by atoms with Crippen LogP contribution in [0.1, 0.15) is 18.4 Å². The van der Waals surface area contributed by atoms with Gasteiger partial charge in [-0.25, -0.2) is 0 Å². The van der Waals surface area contributed by atoms with Crippen LogP contribution in [0.2, 0.25) is 5.02 Å². The third kappa shape index (κ3) is 3.24. The molecule has 0 amide bonds. The van der Waals surface area contributed by atoms with Crippen LogP contribution in [0, 0.1) is 0 Å². The van der Waals surface area contributed by atoms with E-state index in [0.29, 0.717) is 0 Å². The van der Waals surface area contributed by atoms with Crippen molar-refractivity contribution in [3.05, 3.63) is 34.9 Å². The number of benzene rings is 1. The van der Waals surface area contributed by atoms with Gasteiger partial charge in [0.1, 0.15) is 0 Å². The normalized spacial score (nSPS) is 10.2. The van der Waals surface area contributed by atoms with Crippen molar-refractivity contribution in [2.45, 2.75) is 19.3 Å². The molecule has 0 aliphatic carbocycles. The van der Waals surface area contributed by atoms with Crippen molar-refractivity contribution in [2.24, 2.45) is 0 Å². The minimum Gasteiger partial charge on any atom is -0.396 e. The summed E-state index contributed by atoms with van der Waals surface area (Å²) in [6.45, 7) is 0.285. The van der Waals surface area contributed by atoms with Crippen LogP contribution in [-0.2, 0) is 6.42 Å². The molecular formula is C10H13ClO. The molecule has 1 aromatic rings. The standard InChI is InChI=1S/C10H13ClO/c11-10-6-4-9(5-7-10)3-1-2-8-12/h4-7,12H,1-3,8H2. The summed E-state index contributed by atoms with van der Waals surface area (Å²) in [6, 6.07) is 7.85. The first-order valence-corrected chi connectivity index (χ1v) is 4.56. The molecule has 0 aliphatic rings. The number of halogens is 1. The number of aliphatic hydroxyl groups is 1. The van der Waals surface area contributed by atoms with Gasteiger partial charge in [-0.15, -0.1) is 0 Å². The molecular weight excluding hydrogens is 172 g/mol. The van der Waals surface area contributed by atoms with E-state index in [-0.39, 0.29) is 6.61 Å². The molecule has 66 valence electrons. The van der Waals surface area contributed by atoms with Gasteiger partial charge < -0.3 is 5.11 Å². The fourth-order valence-electron chi connectivity index (χ4n) is 1.09. The van der Waals surface area contributed by atoms with Crippen molar-refractivity contribution < 1.29 is 5.11 Å². The average molecular weight is 185 g/mol. The number of hydrogen-bond donors (Lipinski definition) is 1. The van der Waals surface area contributed by atoms with Gasteiger partial charge in [-0.1, -0.05) is 23.7 Å². The predicted octanol–water partition coefficient (Wildman–Crippen LogP) is 2.66. The monoisotopic (exact) mass is 184 g/mol. The summed E-state index contributed by atoms with van der Waals surface area (Å²) in [7, 11) is 0. The molecule has 12 heavy (non-hydrogen) atoms. The predicted molar refractivity (Wildman–Crippen MR) is 51.5 cm³/mol. The average Bonchev–Trinajstić information content (AvgIpc) is 2.09. The topological polar surface area (TPSA) is 20.2 Å². The van der Waals surface area contributed by atoms with Gasteiger partial charge in [-0.05, 0) is 37.0 Å². The highest BCUT2D eigenvalue weighted by molar-refractivity contribution is 6.30. The molecule has 1 nitrogen and oxygen atoms in total. The van der Waals surface area contributed by atoms with Crippen molar-refractivity contribution in [3.63, 3.8) is 0 Å². The third-order valence-electron chi connectivity index (χ3n) is 1.79. The van der Waals surface area contributed by atoms with Crippen LogP contribution in [-0.4, -0.2) is 11.7 Å². The Balaban J connectivity index is 2.37. The molecule has 1 rings (SSSR count). The second-order valence-electron chi connectivity index (χ2n) is 2.81. The summed E-state index contributed by atoms with van der Waals surface area (Å²) in [6.07, 6.45) is 2.94. The molecule has 0 aliphatic heterocycles. The van der Waals surface area contributed by atoms with Crippen LogP contribution in [0.4, 0.5) is 0 Å². The molecule has 0 radical (unpaired) electrons. The van der Waals surface area contributed by atoms with E-state index in [1.165, 1.54) is 5.56 Å². The van der Waals surface area contributed by atoms with E-state index in [2.05, 4.69) is 0 Å². The molecule has 2 heteroatoms. The number of aliphatic hydroxyl groups excluding tert-OH is 1. The van der Waals surface area contributed by atoms with E-state index in [1.54, 1.807) is 0 Å². The number of rotatable bonds is 4. The maximum atomic E-state index is 8.57. The zero-order valence-corrected chi connectivity index (χ0v) is 7.72. The molecule has 0 fully saturated rings. The van der Waals surface area contributed by atoms with Gasteiger partial charge in [0.2, 0.25) is 0 Å². The minimum absolute atomic E-state index is 0.285. The molecule has 1 aromatic carbocycles. The third-order valence-corrected chi connectivity index (χ3v) is 2.04. The lowest BCUT2D eigenvalue weighted by atomic mass is 10.1. The van der Waals surface area contributed by atoms with E-state index in [9.17, 15) is 0 Å². The van der Waals surface area contributed by atoms with Crippen molar-refractivity contribution in [1.82, 2.24) is 0 Å². The SMILES string of the molecule is OCCCCc1ccc(Cl)cc1. The Hall–Kier alpha value is -0.530. The lowest BCUT2D eigenvalue weighted by Crippen LogP contribution is -1.87. The Labute approximate surface area is 78.0 Å². The largest absolute Gasteiger partial charge is 0.396 e. The Kier molecular flexibility index (Phi) is 4.12. The summed E-state index contributed by atoms with van der Waals surface area (Å²) in [5.41, 5.74) is 1.29. The van der Waals surface area contributed by atoms with Gasteiger partial charge in [0.15, 0.2) is 0 Å². The Morgan fingerprint density at radius 1 is 1.08 bits per heavy atom. The highest BCUT2D eigenvalue weighted by atomic mass is 35.5. The molecule has 0 heterocycles. The number of unbranched alkanes of at least 4 members (excludes halogenated alkanes) is 1. The van der Waals surface area contributed by atoms with Crippen LogP contribution in [0.25, 0.3) is 0 Å². The van der Waals surface area contributed by atoms with E-state index in [0.717, 1.165) is 24.3 Å². The fraction of sp³-hybridized carbons (Fsp3) is 0.400. The summed E-state index contributed by atoms with van der Waals surface area (Å²) in [5, 5.41) is 9.35. The first-order valence-electron chi connectivity index (χ1n) is 4.18. The second kappa shape index (κ2) is 5.18. The molecule has 0 aromatic heterocycles. The van der Waals surface area contributed by atoms with Crippen LogP contribution < -0.4 is 0 Å². The maximum absolute atomic E-state index is 8.57. The first-order chi connectivity index (χ1) is 5.83. The Bertz CT molecular complexity index is 218. The van der Waals surface area contributed by atoms with E-state index in [1.807, 2.05) is 24.3 Å². The van der Waals surface area contributed by atoms with E-state index in [4.69, 9.17) is 16.7 Å². The lowest BCUT2D eigenvalue weighted by molar-refractivity contribution is 0.284. The summed E-state index contributed by atoms with van der Waals surface area (Å²) in [4.78, 5) is 0. The molecule has 0 atom stereocenters. The van der Waals surface area contributed by atoms with E-state index < -0.39 is 0 Å². The van der Waals surface area contributed by atoms with Crippen LogP contribution in [0.5, 0.6) is 0 Å². The van der Waals surface area contributed by atoms with Gasteiger partial charge in [0, 0.05) is 11.6 Å². The molecule has 0 saturated heterocycles. The highest BCUT2D eigenvalue weighted by Gasteiger charge is 1.92. The van der Waals surface area contributed by atoms with Gasteiger partial charge >= 0.3 is 0 Å². The number of hydrogen-bond acceptors (Lipinski definition) is 1. The molecule has 0 unspecified atom stereocenters. The zero-order valence-electron chi connectivity index (χ0n) is 6.96. The first kappa shape index (κ1) is 9.56. The van der Waals surface area contributed by atoms with Crippen molar-refractivity contribution in [2.75, 3.05) is 6.61 Å². The molecule has 0 saturated carbocycles. The smallest absolute Gasteiger partial charge is 0.0431 e. The maximum Gasteiger partial charge on any atom is 0.0431 e. The number of aryl methyl sites for hydroxylation is 1. The fourth-order valence-corrected chi connectivity index (χ4v) is 1.22. The zero-order chi connectivity index (χ0) is 8.81. The Morgan fingerprint density at radius 2 is 1.75 bits per heavy atom. The second-order valence-corrected chi connectivity index (χ2v) is 3.24. The van der Waals surface area contributed by atoms with Crippen molar-refractivity contribution in [3.8, 4) is 0 Å². The van der Waals surface area contributed by atoms with E-state index >= 15 is 0 Å². The lowest BCUT2D eigenvalue weighted by Gasteiger charge is -1.99. The Morgan fingerprint density at radius 3 is 2.33 bits per heavy atom. The quantitative estimate of drug-likeness (QED) is 0.714. The van der Waals surface area contributed by atoms with Gasteiger partial charge in [-0.2, -0.15) is 0 Å². The van der Waals surface area contributed by atoms with Crippen molar-refractivity contribution in [1.29, 1.82) is 0 Å². The van der Waals surface area contributed by atoms with Crippen LogP contribution >= 0.6 is 11.6 Å². The molecule has 0 bridgehead atoms. The van der Waals surface area contributed by atoms with Gasteiger partial charge in [0.25, 0.3) is 0 Å². The minimum atomic E-state index is 0.285. The van der Waals surface area contributed by atoms with Gasteiger partial charge in [0.05, 0.1) is 0 Å². The summed E-state index contributed by atoms with van der Waals surface area (Å²) >= 11 is 5.73. The van der Waals surface area contributed by atoms with Crippen LogP contribution in [0.15, 0.2) is 24.3 Å².